The zero-order valence-corrected chi connectivity index (χ0v) is 19.3. The number of hydrogen-bond donors (Lipinski definition) is 1. The molecule has 5 rings (SSSR count). The van der Waals surface area contributed by atoms with Crippen LogP contribution >= 0.6 is 0 Å². The molecule has 3 aliphatic rings. The van der Waals surface area contributed by atoms with Crippen molar-refractivity contribution in [3.05, 3.63) is 69.3 Å². The van der Waals surface area contributed by atoms with E-state index in [2.05, 4.69) is 5.32 Å². The second-order valence-electron chi connectivity index (χ2n) is 9.07. The lowest BCUT2D eigenvalue weighted by Crippen LogP contribution is -2.54. The number of nitro groups is 1. The van der Waals surface area contributed by atoms with Gasteiger partial charge >= 0.3 is 0 Å². The third-order valence-corrected chi connectivity index (χ3v) is 6.86. The Morgan fingerprint density at radius 2 is 1.69 bits per heavy atom. The summed E-state index contributed by atoms with van der Waals surface area (Å²) in [5.74, 6) is -2.08. The van der Waals surface area contributed by atoms with Crippen molar-refractivity contribution in [1.29, 1.82) is 0 Å². The van der Waals surface area contributed by atoms with E-state index >= 15 is 0 Å². The summed E-state index contributed by atoms with van der Waals surface area (Å²) in [6.07, 6.45) is 1.59. The summed E-state index contributed by atoms with van der Waals surface area (Å²) in [5, 5.41) is 13.0. The number of carbonyl (C=O) groups is 4. The second-order valence-corrected chi connectivity index (χ2v) is 9.07. The number of nitrogens with one attached hydrogen (secondary N) is 1. The molecular formula is C25H24N4O7. The van der Waals surface area contributed by atoms with Crippen LogP contribution in [0.25, 0.3) is 0 Å². The first-order valence-electron chi connectivity index (χ1n) is 11.8. The van der Waals surface area contributed by atoms with Crippen LogP contribution in [0, 0.1) is 10.1 Å². The summed E-state index contributed by atoms with van der Waals surface area (Å²) in [7, 11) is 0. The number of piperidine rings is 2. The van der Waals surface area contributed by atoms with Crippen LogP contribution in [0.15, 0.2) is 42.5 Å². The molecule has 0 saturated carbocycles. The highest BCUT2D eigenvalue weighted by Gasteiger charge is 2.46. The molecule has 1 atom stereocenters. The van der Waals surface area contributed by atoms with Crippen LogP contribution in [0.2, 0.25) is 0 Å². The van der Waals surface area contributed by atoms with E-state index in [9.17, 15) is 29.3 Å². The van der Waals surface area contributed by atoms with Crippen LogP contribution in [-0.4, -0.2) is 58.7 Å². The number of fused-ring (bicyclic) bond motifs is 1. The van der Waals surface area contributed by atoms with E-state index in [1.54, 1.807) is 30.3 Å². The number of nitro benzene ring substituents is 1. The van der Waals surface area contributed by atoms with Crippen LogP contribution in [0.4, 0.5) is 11.4 Å². The molecule has 0 radical (unpaired) electrons. The van der Waals surface area contributed by atoms with Gasteiger partial charge in [-0.15, -0.1) is 0 Å². The lowest BCUT2D eigenvalue weighted by molar-refractivity contribution is -0.384. The Morgan fingerprint density at radius 3 is 2.36 bits per heavy atom. The summed E-state index contributed by atoms with van der Waals surface area (Å²) in [6, 6.07) is 10.4. The molecule has 186 valence electrons. The molecule has 2 aromatic rings. The second kappa shape index (κ2) is 9.50. The minimum atomic E-state index is -0.999. The van der Waals surface area contributed by atoms with Gasteiger partial charge in [0.15, 0.2) is 0 Å². The Bertz CT molecular complexity index is 1250. The van der Waals surface area contributed by atoms with Gasteiger partial charge in [0.25, 0.3) is 17.5 Å². The first kappa shape index (κ1) is 23.6. The molecule has 0 aliphatic carbocycles. The summed E-state index contributed by atoms with van der Waals surface area (Å²) in [6.45, 7) is 1.57. The number of imide groups is 2. The number of carbonyl (C=O) groups excluding carboxylic acids is 4. The van der Waals surface area contributed by atoms with Crippen LogP contribution in [0.1, 0.15) is 52.0 Å². The van der Waals surface area contributed by atoms with Crippen molar-refractivity contribution < 1.29 is 28.8 Å². The average molecular weight is 492 g/mol. The van der Waals surface area contributed by atoms with E-state index in [1.165, 1.54) is 12.1 Å². The molecule has 0 bridgehead atoms. The van der Waals surface area contributed by atoms with Gasteiger partial charge in [-0.2, -0.15) is 0 Å². The Morgan fingerprint density at radius 1 is 0.972 bits per heavy atom. The lowest BCUT2D eigenvalue weighted by Gasteiger charge is -2.34. The van der Waals surface area contributed by atoms with Crippen molar-refractivity contribution in [2.45, 2.75) is 44.4 Å². The van der Waals surface area contributed by atoms with Gasteiger partial charge in [-0.3, -0.25) is 39.5 Å². The fraction of sp³-hybridized carbons (Fsp3) is 0.360. The molecule has 36 heavy (non-hydrogen) atoms. The highest BCUT2D eigenvalue weighted by atomic mass is 16.6. The van der Waals surface area contributed by atoms with E-state index in [0.717, 1.165) is 10.5 Å². The topological polar surface area (TPSA) is 139 Å². The molecule has 3 aliphatic heterocycles. The molecule has 0 aromatic heterocycles. The van der Waals surface area contributed by atoms with Crippen molar-refractivity contribution in [2.75, 3.05) is 18.0 Å². The van der Waals surface area contributed by atoms with Crippen molar-refractivity contribution in [3.8, 4) is 0 Å². The van der Waals surface area contributed by atoms with Crippen molar-refractivity contribution in [2.24, 2.45) is 0 Å². The normalized spacial score (nSPS) is 20.5. The highest BCUT2D eigenvalue weighted by Crippen LogP contribution is 2.35. The van der Waals surface area contributed by atoms with Gasteiger partial charge in [0.2, 0.25) is 11.8 Å². The molecule has 0 spiro atoms. The smallest absolute Gasteiger partial charge is 0.269 e. The van der Waals surface area contributed by atoms with Gasteiger partial charge in [0.1, 0.15) is 6.04 Å². The molecule has 11 heteroatoms. The van der Waals surface area contributed by atoms with E-state index < -0.39 is 34.6 Å². The van der Waals surface area contributed by atoms with Crippen molar-refractivity contribution >= 4 is 35.0 Å². The van der Waals surface area contributed by atoms with Crippen molar-refractivity contribution in [3.63, 3.8) is 0 Å². The average Bonchev–Trinajstić information content (AvgIpc) is 3.13. The fourth-order valence-electron chi connectivity index (χ4n) is 4.95. The molecule has 4 amide bonds. The largest absolute Gasteiger partial charge is 0.373 e. The number of anilines is 1. The lowest BCUT2D eigenvalue weighted by atomic mass is 10.0. The summed E-state index contributed by atoms with van der Waals surface area (Å²) in [4.78, 5) is 63.6. The van der Waals surface area contributed by atoms with Crippen LogP contribution in [0.5, 0.6) is 0 Å². The van der Waals surface area contributed by atoms with Gasteiger partial charge < -0.3 is 9.64 Å². The van der Waals surface area contributed by atoms with E-state index in [1.807, 2.05) is 4.90 Å². The molecule has 1 unspecified atom stereocenters. The Labute approximate surface area is 206 Å². The standard InChI is InChI=1S/C25H24N4O7/c30-21-9-8-20(23(31)26-21)28-24(32)18-2-1-3-19(22(18)25(28)33)27-12-10-17(11-13-27)36-14-15-4-6-16(7-5-15)29(34)35/h1-7,17,20H,8-14H2,(H,26,30,31). The third-order valence-electron chi connectivity index (χ3n) is 6.86. The van der Waals surface area contributed by atoms with Crippen LogP contribution < -0.4 is 10.2 Å². The molecule has 2 fully saturated rings. The van der Waals surface area contributed by atoms with Crippen LogP contribution in [-0.2, 0) is 20.9 Å². The predicted molar refractivity (Wildman–Crippen MR) is 126 cm³/mol. The summed E-state index contributed by atoms with van der Waals surface area (Å²) in [5.41, 5.74) is 2.08. The third kappa shape index (κ3) is 4.33. The predicted octanol–water partition coefficient (Wildman–Crippen LogP) is 2.18. The van der Waals surface area contributed by atoms with E-state index in [-0.39, 0.29) is 35.8 Å². The zero-order chi connectivity index (χ0) is 25.4. The minimum Gasteiger partial charge on any atom is -0.373 e. The summed E-state index contributed by atoms with van der Waals surface area (Å²) < 4.78 is 6.00. The van der Waals surface area contributed by atoms with Gasteiger partial charge in [0, 0.05) is 31.6 Å². The molecule has 11 nitrogen and oxygen atoms in total. The molecule has 1 N–H and O–H groups in total. The molecule has 2 aromatic carbocycles. The molecule has 2 saturated heterocycles. The quantitative estimate of drug-likeness (QED) is 0.368. The van der Waals surface area contributed by atoms with Crippen LogP contribution in [0.3, 0.4) is 0 Å². The maximum Gasteiger partial charge on any atom is 0.269 e. The maximum atomic E-state index is 13.3. The Balaban J connectivity index is 1.24. The molecular weight excluding hydrogens is 468 g/mol. The Kier molecular flexibility index (Phi) is 6.23. The maximum absolute atomic E-state index is 13.3. The number of rotatable bonds is 6. The number of hydrogen-bond acceptors (Lipinski definition) is 8. The zero-order valence-electron chi connectivity index (χ0n) is 19.3. The first-order chi connectivity index (χ1) is 17.3. The number of nitrogens with zero attached hydrogens (tertiary/aromatic N) is 3. The number of benzene rings is 2. The molecule has 3 heterocycles. The monoisotopic (exact) mass is 492 g/mol. The van der Waals surface area contributed by atoms with Gasteiger partial charge in [-0.1, -0.05) is 6.07 Å². The number of non-ortho nitro benzene ring substituents is 1. The van der Waals surface area contributed by atoms with Gasteiger partial charge in [0.05, 0.1) is 34.4 Å². The first-order valence-corrected chi connectivity index (χ1v) is 11.8. The minimum absolute atomic E-state index is 0.00879. The van der Waals surface area contributed by atoms with E-state index in [0.29, 0.717) is 38.2 Å². The number of ether oxygens (including phenoxy) is 1. The Hall–Kier alpha value is -4.12. The number of amides is 4. The summed E-state index contributed by atoms with van der Waals surface area (Å²) >= 11 is 0. The highest BCUT2D eigenvalue weighted by molar-refractivity contribution is 6.25. The van der Waals surface area contributed by atoms with Gasteiger partial charge in [-0.05, 0) is 49.1 Å². The van der Waals surface area contributed by atoms with Crippen molar-refractivity contribution in [1.82, 2.24) is 10.2 Å². The fourth-order valence-corrected chi connectivity index (χ4v) is 4.95. The van der Waals surface area contributed by atoms with E-state index in [4.69, 9.17) is 4.74 Å². The van der Waals surface area contributed by atoms with Gasteiger partial charge in [-0.25, -0.2) is 0 Å². The SMILES string of the molecule is O=C1CCC(N2C(=O)c3cccc(N4CCC(OCc5ccc([N+](=O)[O-])cc5)CC4)c3C2=O)C(=O)N1.